The van der Waals surface area contributed by atoms with Gasteiger partial charge in [-0.1, -0.05) is 49.5 Å². The molecule has 0 fully saturated rings. The topological polar surface area (TPSA) is 50.4 Å². The first kappa shape index (κ1) is 13.8. The monoisotopic (exact) mass is 295 g/mol. The molecule has 2 aromatic carbocycles. The van der Waals surface area contributed by atoms with Gasteiger partial charge in [-0.15, -0.1) is 0 Å². The molecule has 0 radical (unpaired) electrons. The quantitative estimate of drug-likeness (QED) is 0.657. The normalized spacial score (nSPS) is 17.5. The number of nitrogen functional groups attached to an aromatic ring is 1. The highest BCUT2D eigenvalue weighted by Crippen LogP contribution is 2.27. The Hall–Kier alpha value is -2.20. The zero-order valence-electron chi connectivity index (χ0n) is 11.8. The molecule has 1 heterocycles. The SMILES string of the molecule is CCC1N=C(c2ccccc2)c2cc(N)ccc2NC1=S. The Morgan fingerprint density at radius 1 is 1.19 bits per heavy atom. The van der Waals surface area contributed by atoms with Crippen LogP contribution in [-0.2, 0) is 0 Å². The Balaban J connectivity index is 2.22. The third kappa shape index (κ3) is 2.67. The molecule has 0 spiro atoms. The van der Waals surface area contributed by atoms with E-state index >= 15 is 0 Å². The molecule has 1 atom stereocenters. The smallest absolute Gasteiger partial charge is 0.105 e. The van der Waals surface area contributed by atoms with Crippen LogP contribution in [0.25, 0.3) is 0 Å². The molecule has 3 N–H and O–H groups in total. The Kier molecular flexibility index (Phi) is 3.71. The Labute approximate surface area is 129 Å². The number of anilines is 2. The van der Waals surface area contributed by atoms with Crippen LogP contribution >= 0.6 is 12.2 Å². The first-order valence-electron chi connectivity index (χ1n) is 7.03. The molecule has 0 saturated heterocycles. The maximum absolute atomic E-state index is 5.96. The lowest BCUT2D eigenvalue weighted by Gasteiger charge is -2.11. The maximum Gasteiger partial charge on any atom is 0.105 e. The fourth-order valence-corrected chi connectivity index (χ4v) is 2.80. The highest BCUT2D eigenvalue weighted by molar-refractivity contribution is 7.80. The molecule has 1 aliphatic rings. The predicted molar refractivity (Wildman–Crippen MR) is 93.2 cm³/mol. The number of hydrogen-bond donors (Lipinski definition) is 2. The van der Waals surface area contributed by atoms with Gasteiger partial charge < -0.3 is 11.1 Å². The van der Waals surface area contributed by atoms with Gasteiger partial charge >= 0.3 is 0 Å². The van der Waals surface area contributed by atoms with Crippen molar-refractivity contribution >= 4 is 34.3 Å². The first-order chi connectivity index (χ1) is 10.2. The van der Waals surface area contributed by atoms with Gasteiger partial charge in [0.05, 0.1) is 5.71 Å². The second-order valence-corrected chi connectivity index (χ2v) is 5.50. The van der Waals surface area contributed by atoms with Crippen molar-refractivity contribution in [3.8, 4) is 0 Å². The molecule has 1 unspecified atom stereocenters. The standard InChI is InChI=1S/C17H17N3S/c1-2-14-17(21)20-15-9-8-12(18)10-13(15)16(19-14)11-6-4-3-5-7-11/h3-10,14H,2,18H2,1H3,(H,20,21). The number of fused-ring (bicyclic) bond motifs is 1. The summed E-state index contributed by atoms with van der Waals surface area (Å²) in [6.07, 6.45) is 0.867. The van der Waals surface area contributed by atoms with Crippen LogP contribution in [0.5, 0.6) is 0 Å². The molecule has 3 rings (SSSR count). The molecule has 0 aromatic heterocycles. The van der Waals surface area contributed by atoms with Crippen molar-refractivity contribution in [3.05, 3.63) is 59.7 Å². The van der Waals surface area contributed by atoms with E-state index in [2.05, 4.69) is 24.4 Å². The van der Waals surface area contributed by atoms with Crippen molar-refractivity contribution < 1.29 is 0 Å². The van der Waals surface area contributed by atoms with Crippen molar-refractivity contribution in [1.29, 1.82) is 0 Å². The third-order valence-corrected chi connectivity index (χ3v) is 3.95. The molecule has 2 aromatic rings. The number of hydrogen-bond acceptors (Lipinski definition) is 3. The van der Waals surface area contributed by atoms with Gasteiger partial charge in [0.25, 0.3) is 0 Å². The minimum Gasteiger partial charge on any atom is -0.399 e. The molecule has 0 aliphatic carbocycles. The number of benzodiazepines with no additional fused rings is 1. The minimum absolute atomic E-state index is 0.0103. The average Bonchev–Trinajstić information content (AvgIpc) is 2.64. The zero-order valence-corrected chi connectivity index (χ0v) is 12.7. The highest BCUT2D eigenvalue weighted by atomic mass is 32.1. The van der Waals surface area contributed by atoms with E-state index in [-0.39, 0.29) is 6.04 Å². The summed E-state index contributed by atoms with van der Waals surface area (Å²) in [6.45, 7) is 2.09. The zero-order chi connectivity index (χ0) is 14.8. The summed E-state index contributed by atoms with van der Waals surface area (Å²) in [6, 6.07) is 15.9. The number of thiocarbonyl (C=S) groups is 1. The van der Waals surface area contributed by atoms with E-state index in [4.69, 9.17) is 22.9 Å². The summed E-state index contributed by atoms with van der Waals surface area (Å²) in [4.78, 5) is 5.64. The van der Waals surface area contributed by atoms with Crippen molar-refractivity contribution in [2.24, 2.45) is 4.99 Å². The fraction of sp³-hybridized carbons (Fsp3) is 0.176. The maximum atomic E-state index is 5.96. The molecular formula is C17H17N3S. The number of aliphatic imine (C=N–C) groups is 1. The molecule has 4 heteroatoms. The lowest BCUT2D eigenvalue weighted by molar-refractivity contribution is 0.832. The van der Waals surface area contributed by atoms with Crippen LogP contribution in [0, 0.1) is 0 Å². The van der Waals surface area contributed by atoms with Crippen molar-refractivity contribution in [2.75, 3.05) is 11.1 Å². The van der Waals surface area contributed by atoms with E-state index in [1.165, 1.54) is 0 Å². The number of nitrogens with zero attached hydrogens (tertiary/aromatic N) is 1. The first-order valence-corrected chi connectivity index (χ1v) is 7.44. The van der Waals surface area contributed by atoms with Gasteiger partial charge in [-0.25, -0.2) is 0 Å². The number of nitrogens with two attached hydrogens (primary N) is 1. The third-order valence-electron chi connectivity index (χ3n) is 3.58. The second kappa shape index (κ2) is 5.66. The molecule has 21 heavy (non-hydrogen) atoms. The van der Waals surface area contributed by atoms with Crippen LogP contribution in [-0.4, -0.2) is 16.7 Å². The van der Waals surface area contributed by atoms with Gasteiger partial charge in [-0.3, -0.25) is 4.99 Å². The lowest BCUT2D eigenvalue weighted by Crippen LogP contribution is -2.22. The van der Waals surface area contributed by atoms with Crippen LogP contribution in [0.3, 0.4) is 0 Å². The van der Waals surface area contributed by atoms with Gasteiger partial charge in [0.1, 0.15) is 11.0 Å². The molecule has 0 saturated carbocycles. The predicted octanol–water partition coefficient (Wildman–Crippen LogP) is 3.64. The van der Waals surface area contributed by atoms with E-state index < -0.39 is 0 Å². The molecule has 0 bridgehead atoms. The second-order valence-electron chi connectivity index (χ2n) is 5.06. The van der Waals surface area contributed by atoms with Gasteiger partial charge in [-0.2, -0.15) is 0 Å². The Bertz CT molecular complexity index is 707. The van der Waals surface area contributed by atoms with Crippen molar-refractivity contribution in [2.45, 2.75) is 19.4 Å². The summed E-state index contributed by atoms with van der Waals surface area (Å²) >= 11 is 5.48. The molecule has 1 aliphatic heterocycles. The fourth-order valence-electron chi connectivity index (χ4n) is 2.47. The van der Waals surface area contributed by atoms with Crippen LogP contribution in [0.15, 0.2) is 53.5 Å². The Morgan fingerprint density at radius 2 is 1.95 bits per heavy atom. The summed E-state index contributed by atoms with van der Waals surface area (Å²) in [7, 11) is 0. The van der Waals surface area contributed by atoms with E-state index in [1.54, 1.807) is 0 Å². The van der Waals surface area contributed by atoms with E-state index in [9.17, 15) is 0 Å². The summed E-state index contributed by atoms with van der Waals surface area (Å²) in [5.74, 6) is 0. The van der Waals surface area contributed by atoms with Crippen LogP contribution in [0.4, 0.5) is 11.4 Å². The number of rotatable bonds is 2. The van der Waals surface area contributed by atoms with E-state index in [0.29, 0.717) is 0 Å². The van der Waals surface area contributed by atoms with E-state index in [0.717, 1.165) is 39.6 Å². The van der Waals surface area contributed by atoms with Gasteiger partial charge in [0.2, 0.25) is 0 Å². The largest absolute Gasteiger partial charge is 0.399 e. The van der Waals surface area contributed by atoms with Crippen molar-refractivity contribution in [3.63, 3.8) is 0 Å². The number of benzene rings is 2. The summed E-state index contributed by atoms with van der Waals surface area (Å²) < 4.78 is 0. The van der Waals surface area contributed by atoms with Gasteiger partial charge in [0.15, 0.2) is 0 Å². The Morgan fingerprint density at radius 3 is 2.67 bits per heavy atom. The molecule has 106 valence electrons. The van der Waals surface area contributed by atoms with Crippen LogP contribution in [0.1, 0.15) is 24.5 Å². The van der Waals surface area contributed by atoms with E-state index in [1.807, 2.05) is 36.4 Å². The molecule has 3 nitrogen and oxygen atoms in total. The summed E-state index contributed by atoms with van der Waals surface area (Å²) in [5, 5.41) is 3.31. The van der Waals surface area contributed by atoms with Crippen molar-refractivity contribution in [1.82, 2.24) is 0 Å². The van der Waals surface area contributed by atoms with Gasteiger partial charge in [-0.05, 0) is 24.6 Å². The number of nitrogens with one attached hydrogen (secondary N) is 1. The average molecular weight is 295 g/mol. The van der Waals surface area contributed by atoms with Crippen LogP contribution < -0.4 is 11.1 Å². The molecule has 0 amide bonds. The molecular weight excluding hydrogens is 278 g/mol. The van der Waals surface area contributed by atoms with Crippen LogP contribution in [0.2, 0.25) is 0 Å². The summed E-state index contributed by atoms with van der Waals surface area (Å²) in [5.41, 5.74) is 10.7. The minimum atomic E-state index is -0.0103. The highest BCUT2D eigenvalue weighted by Gasteiger charge is 2.22. The van der Waals surface area contributed by atoms with Gasteiger partial charge in [0, 0.05) is 22.5 Å². The lowest BCUT2D eigenvalue weighted by atomic mass is 10.00.